The third-order valence-corrected chi connectivity index (χ3v) is 3.70. The molecule has 1 aliphatic rings. The molecule has 1 N–H and O–H groups in total. The third-order valence-electron chi connectivity index (χ3n) is 3.70. The molecule has 3 rings (SSSR count). The Morgan fingerprint density at radius 2 is 2.10 bits per heavy atom. The van der Waals surface area contributed by atoms with Crippen LogP contribution in [0, 0.1) is 6.92 Å². The van der Waals surface area contributed by atoms with Crippen LogP contribution in [0.4, 0.5) is 0 Å². The first kappa shape index (κ1) is 12.8. The molecule has 1 aromatic heterocycles. The Hall–Kier alpha value is -2.23. The van der Waals surface area contributed by atoms with Crippen LogP contribution in [0.1, 0.15) is 39.4 Å². The first-order chi connectivity index (χ1) is 9.63. The molecule has 104 valence electrons. The highest BCUT2D eigenvalue weighted by Gasteiger charge is 2.14. The van der Waals surface area contributed by atoms with Crippen LogP contribution in [0.2, 0.25) is 0 Å². The minimum Gasteiger partial charge on any atom is -0.489 e. The quantitative estimate of drug-likeness (QED) is 0.927. The minimum absolute atomic E-state index is 0.0462. The van der Waals surface area contributed by atoms with Crippen molar-refractivity contribution in [2.75, 3.05) is 0 Å². The van der Waals surface area contributed by atoms with E-state index in [4.69, 9.17) is 14.3 Å². The lowest BCUT2D eigenvalue weighted by atomic mass is 10.1. The van der Waals surface area contributed by atoms with Gasteiger partial charge >= 0.3 is 5.97 Å². The van der Waals surface area contributed by atoms with Gasteiger partial charge in [-0.1, -0.05) is 6.07 Å². The number of rotatable bonds is 4. The van der Waals surface area contributed by atoms with E-state index in [0.29, 0.717) is 12.4 Å². The Bertz CT molecular complexity index is 654. The monoisotopic (exact) mass is 272 g/mol. The van der Waals surface area contributed by atoms with Gasteiger partial charge in [-0.25, -0.2) is 4.79 Å². The van der Waals surface area contributed by atoms with Crippen LogP contribution in [0.25, 0.3) is 0 Å². The van der Waals surface area contributed by atoms with Crippen molar-refractivity contribution < 1.29 is 19.1 Å². The van der Waals surface area contributed by atoms with Crippen LogP contribution in [0.5, 0.6) is 5.75 Å². The lowest BCUT2D eigenvalue weighted by molar-refractivity contribution is 0.0661. The maximum absolute atomic E-state index is 10.8. The second-order valence-electron chi connectivity index (χ2n) is 5.07. The van der Waals surface area contributed by atoms with Gasteiger partial charge in [0.1, 0.15) is 18.1 Å². The van der Waals surface area contributed by atoms with Gasteiger partial charge < -0.3 is 14.3 Å². The zero-order valence-corrected chi connectivity index (χ0v) is 11.3. The number of carboxylic acids is 1. The maximum Gasteiger partial charge on any atom is 0.371 e. The number of carbonyl (C=O) groups is 1. The Kier molecular flexibility index (Phi) is 3.22. The van der Waals surface area contributed by atoms with Gasteiger partial charge in [0, 0.05) is 5.56 Å². The molecule has 0 fully saturated rings. The average molecular weight is 272 g/mol. The zero-order chi connectivity index (χ0) is 14.1. The Morgan fingerprint density at radius 1 is 1.30 bits per heavy atom. The smallest absolute Gasteiger partial charge is 0.371 e. The fourth-order valence-corrected chi connectivity index (χ4v) is 2.57. The number of benzene rings is 1. The summed E-state index contributed by atoms with van der Waals surface area (Å²) in [6, 6.07) is 7.68. The summed E-state index contributed by atoms with van der Waals surface area (Å²) >= 11 is 0. The summed E-state index contributed by atoms with van der Waals surface area (Å²) in [6.07, 6.45) is 3.47. The minimum atomic E-state index is -1.06. The largest absolute Gasteiger partial charge is 0.489 e. The van der Waals surface area contributed by atoms with E-state index in [-0.39, 0.29) is 5.76 Å². The van der Waals surface area contributed by atoms with Crippen molar-refractivity contribution in [3.63, 3.8) is 0 Å². The summed E-state index contributed by atoms with van der Waals surface area (Å²) in [5.41, 5.74) is 3.53. The summed E-state index contributed by atoms with van der Waals surface area (Å²) in [5.74, 6) is 0.304. The standard InChI is InChI=1S/C16H16O4/c1-10-13(8-15(20-10)16(17)18)9-19-14-6-5-11-3-2-4-12(11)7-14/h5-8H,2-4,9H2,1H3,(H,17,18). The molecule has 0 unspecified atom stereocenters. The summed E-state index contributed by atoms with van der Waals surface area (Å²) in [4.78, 5) is 10.8. The van der Waals surface area contributed by atoms with Crippen LogP contribution in [-0.4, -0.2) is 11.1 Å². The predicted molar refractivity (Wildman–Crippen MR) is 73.2 cm³/mol. The van der Waals surface area contributed by atoms with Crippen LogP contribution < -0.4 is 4.74 Å². The molecule has 4 heteroatoms. The van der Waals surface area contributed by atoms with Crippen molar-refractivity contribution in [2.45, 2.75) is 32.8 Å². The van der Waals surface area contributed by atoms with Crippen molar-refractivity contribution in [3.05, 3.63) is 52.5 Å². The van der Waals surface area contributed by atoms with Gasteiger partial charge in [0.05, 0.1) is 0 Å². The highest BCUT2D eigenvalue weighted by atomic mass is 16.5. The van der Waals surface area contributed by atoms with Crippen LogP contribution in [0.3, 0.4) is 0 Å². The summed E-state index contributed by atoms with van der Waals surface area (Å²) in [6.45, 7) is 2.06. The molecule has 0 bridgehead atoms. The Morgan fingerprint density at radius 3 is 2.85 bits per heavy atom. The molecule has 0 spiro atoms. The normalized spacial score (nSPS) is 13.2. The van der Waals surface area contributed by atoms with Crippen LogP contribution in [-0.2, 0) is 19.4 Å². The van der Waals surface area contributed by atoms with Crippen molar-refractivity contribution in [3.8, 4) is 5.75 Å². The number of hydrogen-bond donors (Lipinski definition) is 1. The van der Waals surface area contributed by atoms with Crippen molar-refractivity contribution in [2.24, 2.45) is 0 Å². The van der Waals surface area contributed by atoms with Crippen LogP contribution in [0.15, 0.2) is 28.7 Å². The number of hydrogen-bond acceptors (Lipinski definition) is 3. The van der Waals surface area contributed by atoms with Gasteiger partial charge in [-0.3, -0.25) is 0 Å². The molecule has 1 aromatic carbocycles. The fourth-order valence-electron chi connectivity index (χ4n) is 2.57. The number of furan rings is 1. The molecular weight excluding hydrogens is 256 g/mol. The Labute approximate surface area is 117 Å². The summed E-state index contributed by atoms with van der Waals surface area (Å²) < 4.78 is 10.9. The van der Waals surface area contributed by atoms with Gasteiger partial charge in [-0.2, -0.15) is 0 Å². The number of ether oxygens (including phenoxy) is 1. The van der Waals surface area contributed by atoms with E-state index >= 15 is 0 Å². The highest BCUT2D eigenvalue weighted by molar-refractivity contribution is 5.84. The lowest BCUT2D eigenvalue weighted by Crippen LogP contribution is -1.97. The third kappa shape index (κ3) is 2.41. The Balaban J connectivity index is 1.72. The van der Waals surface area contributed by atoms with Gasteiger partial charge in [0.2, 0.25) is 5.76 Å². The molecule has 0 atom stereocenters. The fraction of sp³-hybridized carbons (Fsp3) is 0.312. The summed E-state index contributed by atoms with van der Waals surface area (Å²) in [5, 5.41) is 8.88. The van der Waals surface area contributed by atoms with Gasteiger partial charge in [-0.05, 0) is 55.5 Å². The first-order valence-corrected chi connectivity index (χ1v) is 6.70. The molecule has 0 radical (unpaired) electrons. The molecule has 4 nitrogen and oxygen atoms in total. The molecular formula is C16H16O4. The highest BCUT2D eigenvalue weighted by Crippen LogP contribution is 2.27. The van der Waals surface area contributed by atoms with Gasteiger partial charge in [-0.15, -0.1) is 0 Å². The second-order valence-corrected chi connectivity index (χ2v) is 5.07. The van der Waals surface area contributed by atoms with Gasteiger partial charge in [0.25, 0.3) is 0 Å². The van der Waals surface area contributed by atoms with E-state index < -0.39 is 5.97 Å². The van der Waals surface area contributed by atoms with E-state index in [1.807, 2.05) is 6.07 Å². The van der Waals surface area contributed by atoms with E-state index in [1.54, 1.807) is 6.92 Å². The number of carboxylic acid groups (broad SMARTS) is 1. The van der Waals surface area contributed by atoms with Crippen LogP contribution >= 0.6 is 0 Å². The molecule has 2 aromatic rings. The number of fused-ring (bicyclic) bond motifs is 1. The SMILES string of the molecule is Cc1oc(C(=O)O)cc1COc1ccc2c(c1)CCC2. The second kappa shape index (κ2) is 5.04. The summed E-state index contributed by atoms with van der Waals surface area (Å²) in [7, 11) is 0. The van der Waals surface area contributed by atoms with E-state index in [9.17, 15) is 4.79 Å². The van der Waals surface area contributed by atoms with Crippen molar-refractivity contribution >= 4 is 5.97 Å². The average Bonchev–Trinajstić information content (AvgIpc) is 3.02. The van der Waals surface area contributed by atoms with Crippen molar-refractivity contribution in [1.29, 1.82) is 0 Å². The van der Waals surface area contributed by atoms with Crippen molar-refractivity contribution in [1.82, 2.24) is 0 Å². The topological polar surface area (TPSA) is 59.7 Å². The first-order valence-electron chi connectivity index (χ1n) is 6.70. The maximum atomic E-state index is 10.8. The molecule has 0 aliphatic heterocycles. The predicted octanol–water partition coefficient (Wildman–Crippen LogP) is 3.35. The van der Waals surface area contributed by atoms with E-state index in [1.165, 1.54) is 23.6 Å². The van der Waals surface area contributed by atoms with E-state index in [2.05, 4.69) is 12.1 Å². The number of aromatic carboxylic acids is 1. The molecule has 1 aliphatic carbocycles. The lowest BCUT2D eigenvalue weighted by Gasteiger charge is -2.07. The molecule has 0 amide bonds. The molecule has 0 saturated carbocycles. The van der Waals surface area contributed by atoms with E-state index in [0.717, 1.165) is 24.2 Å². The van der Waals surface area contributed by atoms with Gasteiger partial charge in [0.15, 0.2) is 0 Å². The molecule has 1 heterocycles. The zero-order valence-electron chi connectivity index (χ0n) is 11.3. The number of aryl methyl sites for hydroxylation is 3. The molecule has 0 saturated heterocycles. The molecule has 20 heavy (non-hydrogen) atoms.